The van der Waals surface area contributed by atoms with Crippen molar-refractivity contribution in [1.82, 2.24) is 4.31 Å². The van der Waals surface area contributed by atoms with Crippen molar-refractivity contribution in [2.45, 2.75) is 31.8 Å². The van der Waals surface area contributed by atoms with E-state index in [2.05, 4.69) is 5.32 Å². The summed E-state index contributed by atoms with van der Waals surface area (Å²) in [4.78, 5) is 26.7. The van der Waals surface area contributed by atoms with E-state index in [-0.39, 0.29) is 23.0 Å². The number of carbonyl (C=O) groups excluding carboxylic acids is 2. The summed E-state index contributed by atoms with van der Waals surface area (Å²) in [5.74, 6) is -0.0275. The van der Waals surface area contributed by atoms with E-state index in [0.717, 1.165) is 0 Å². The summed E-state index contributed by atoms with van der Waals surface area (Å²) in [5.41, 5.74) is 0.788. The minimum absolute atomic E-state index is 0.0257. The lowest BCUT2D eigenvalue weighted by molar-refractivity contribution is -0.123. The molecule has 0 spiro atoms. The van der Waals surface area contributed by atoms with Crippen LogP contribution in [0.3, 0.4) is 0 Å². The van der Waals surface area contributed by atoms with Gasteiger partial charge in [-0.1, -0.05) is 26.0 Å². The van der Waals surface area contributed by atoms with Gasteiger partial charge in [0.25, 0.3) is 5.91 Å². The van der Waals surface area contributed by atoms with Gasteiger partial charge in [0.2, 0.25) is 15.9 Å². The van der Waals surface area contributed by atoms with Crippen LogP contribution in [-0.2, 0) is 19.6 Å². The molecular weight excluding hydrogens is 434 g/mol. The van der Waals surface area contributed by atoms with E-state index in [9.17, 15) is 18.0 Å². The Morgan fingerprint density at radius 2 is 1.88 bits per heavy atom. The highest BCUT2D eigenvalue weighted by atomic mass is 32.2. The number of hydrogen-bond donors (Lipinski definition) is 1. The zero-order valence-corrected chi connectivity index (χ0v) is 19.3. The van der Waals surface area contributed by atoms with E-state index < -0.39 is 22.0 Å². The maximum absolute atomic E-state index is 13.0. The molecule has 2 aromatic rings. The fourth-order valence-electron chi connectivity index (χ4n) is 3.54. The molecule has 32 heavy (non-hydrogen) atoms. The van der Waals surface area contributed by atoms with E-state index in [0.29, 0.717) is 30.3 Å². The molecule has 0 saturated heterocycles. The fourth-order valence-corrected chi connectivity index (χ4v) is 5.02. The molecule has 0 fully saturated rings. The number of methoxy groups -OCH3 is 1. The molecule has 172 valence electrons. The van der Waals surface area contributed by atoms with Gasteiger partial charge in [-0.3, -0.25) is 9.59 Å². The molecule has 1 atom stereocenters. The summed E-state index contributed by atoms with van der Waals surface area (Å²) < 4.78 is 38.2. The number of ether oxygens (including phenoxy) is 2. The lowest BCUT2D eigenvalue weighted by Gasteiger charge is -2.33. The first kappa shape index (κ1) is 23.6. The molecule has 0 bridgehead atoms. The van der Waals surface area contributed by atoms with E-state index in [1.165, 1.54) is 41.4 Å². The molecule has 1 heterocycles. The molecule has 2 aromatic carbocycles. The molecule has 1 N–H and O–H groups in total. The number of amides is 2. The molecule has 0 aliphatic carbocycles. The van der Waals surface area contributed by atoms with Crippen molar-refractivity contribution >= 4 is 33.2 Å². The van der Waals surface area contributed by atoms with Crippen LogP contribution >= 0.6 is 0 Å². The average molecular weight is 462 g/mol. The quantitative estimate of drug-likeness (QED) is 0.679. The first-order chi connectivity index (χ1) is 15.2. The van der Waals surface area contributed by atoms with Crippen molar-refractivity contribution in [3.05, 3.63) is 42.5 Å². The molecule has 0 radical (unpaired) electrons. The molecule has 0 saturated carbocycles. The van der Waals surface area contributed by atoms with Gasteiger partial charge in [0, 0.05) is 20.0 Å². The number of anilines is 2. The summed E-state index contributed by atoms with van der Waals surface area (Å²) in [6.45, 7) is 5.60. The van der Waals surface area contributed by atoms with Crippen LogP contribution in [0.15, 0.2) is 47.4 Å². The van der Waals surface area contributed by atoms with E-state index in [1.54, 1.807) is 38.1 Å². The third-order valence-corrected chi connectivity index (χ3v) is 7.26. The highest BCUT2D eigenvalue weighted by molar-refractivity contribution is 7.89. The minimum atomic E-state index is -3.73. The summed E-state index contributed by atoms with van der Waals surface area (Å²) in [5, 5.41) is 2.70. The van der Waals surface area contributed by atoms with Gasteiger partial charge >= 0.3 is 0 Å². The number of fused-ring (bicyclic) bond motifs is 1. The van der Waals surface area contributed by atoms with Crippen LogP contribution < -0.4 is 19.7 Å². The Kier molecular flexibility index (Phi) is 7.05. The van der Waals surface area contributed by atoms with E-state index >= 15 is 0 Å². The van der Waals surface area contributed by atoms with Crippen LogP contribution in [0, 0.1) is 0 Å². The van der Waals surface area contributed by atoms with Gasteiger partial charge in [0.1, 0.15) is 11.5 Å². The van der Waals surface area contributed by atoms with Crippen LogP contribution in [-0.4, -0.2) is 57.4 Å². The van der Waals surface area contributed by atoms with Crippen molar-refractivity contribution in [2.75, 3.05) is 37.0 Å². The van der Waals surface area contributed by atoms with Gasteiger partial charge in [0.15, 0.2) is 6.10 Å². The van der Waals surface area contributed by atoms with Crippen LogP contribution in [0.2, 0.25) is 0 Å². The first-order valence-electron chi connectivity index (χ1n) is 10.3. The lowest BCUT2D eigenvalue weighted by atomic mass is 10.1. The standard InChI is InChI=1S/C22H27N3O6S/c1-5-24(6-2)32(28,29)16-11-12-19(30-4)17(13-16)23-22(27)21-14-25(15(3)26)18-9-7-8-10-20(18)31-21/h7-13,21H,5-6,14H2,1-4H3,(H,23,27). The normalized spacial score (nSPS) is 15.7. The molecule has 3 rings (SSSR count). The third-order valence-electron chi connectivity index (χ3n) is 5.22. The van der Waals surface area contributed by atoms with Crippen molar-refractivity contribution in [1.29, 1.82) is 0 Å². The smallest absolute Gasteiger partial charge is 0.267 e. The highest BCUT2D eigenvalue weighted by Crippen LogP contribution is 2.34. The number of para-hydroxylation sites is 2. The first-order valence-corrected chi connectivity index (χ1v) is 11.7. The molecule has 10 heteroatoms. The highest BCUT2D eigenvalue weighted by Gasteiger charge is 2.33. The summed E-state index contributed by atoms with van der Waals surface area (Å²) >= 11 is 0. The van der Waals surface area contributed by atoms with Crippen LogP contribution in [0.1, 0.15) is 20.8 Å². The van der Waals surface area contributed by atoms with Gasteiger partial charge in [-0.25, -0.2) is 8.42 Å². The summed E-state index contributed by atoms with van der Waals surface area (Å²) in [6, 6.07) is 11.3. The molecule has 1 unspecified atom stereocenters. The third kappa shape index (κ3) is 4.56. The molecule has 1 aliphatic heterocycles. The van der Waals surface area contributed by atoms with Crippen LogP contribution in [0.4, 0.5) is 11.4 Å². The van der Waals surface area contributed by atoms with Gasteiger partial charge in [-0.15, -0.1) is 0 Å². The largest absolute Gasteiger partial charge is 0.495 e. The predicted molar refractivity (Wildman–Crippen MR) is 121 cm³/mol. The number of rotatable bonds is 7. The summed E-state index contributed by atoms with van der Waals surface area (Å²) in [7, 11) is -2.30. The number of nitrogens with one attached hydrogen (secondary N) is 1. The van der Waals surface area contributed by atoms with Crippen LogP contribution in [0.25, 0.3) is 0 Å². The zero-order valence-electron chi connectivity index (χ0n) is 18.5. The SMILES string of the molecule is CCN(CC)S(=O)(=O)c1ccc(OC)c(NC(=O)C2CN(C(C)=O)c3ccccc3O2)c1. The van der Waals surface area contributed by atoms with Gasteiger partial charge in [0.05, 0.1) is 29.9 Å². The van der Waals surface area contributed by atoms with Gasteiger partial charge in [-0.2, -0.15) is 4.31 Å². The van der Waals surface area contributed by atoms with Crippen molar-refractivity contribution < 1.29 is 27.5 Å². The topological polar surface area (TPSA) is 105 Å². The Balaban J connectivity index is 1.90. The number of nitrogens with zero attached hydrogens (tertiary/aromatic N) is 2. The van der Waals surface area contributed by atoms with Crippen molar-refractivity contribution in [3.8, 4) is 11.5 Å². The number of carbonyl (C=O) groups is 2. The van der Waals surface area contributed by atoms with Gasteiger partial charge < -0.3 is 19.7 Å². The zero-order chi connectivity index (χ0) is 23.5. The Morgan fingerprint density at radius 1 is 1.19 bits per heavy atom. The Bertz CT molecular complexity index is 1110. The molecule has 0 aromatic heterocycles. The fraction of sp³-hybridized carbons (Fsp3) is 0.364. The van der Waals surface area contributed by atoms with Crippen molar-refractivity contribution in [3.63, 3.8) is 0 Å². The predicted octanol–water partition coefficient (Wildman–Crippen LogP) is 2.48. The maximum atomic E-state index is 13.0. The van der Waals surface area contributed by atoms with Crippen molar-refractivity contribution in [2.24, 2.45) is 0 Å². The molecule has 2 amide bonds. The monoisotopic (exact) mass is 461 g/mol. The molecule has 1 aliphatic rings. The minimum Gasteiger partial charge on any atom is -0.495 e. The summed E-state index contributed by atoms with van der Waals surface area (Å²) in [6.07, 6.45) is -0.985. The second-order valence-electron chi connectivity index (χ2n) is 7.14. The van der Waals surface area contributed by atoms with E-state index in [4.69, 9.17) is 9.47 Å². The Morgan fingerprint density at radius 3 is 2.50 bits per heavy atom. The van der Waals surface area contributed by atoms with Gasteiger partial charge in [-0.05, 0) is 30.3 Å². The average Bonchev–Trinajstić information content (AvgIpc) is 2.78. The Hall–Kier alpha value is -3.11. The van der Waals surface area contributed by atoms with E-state index in [1.807, 2.05) is 0 Å². The lowest BCUT2D eigenvalue weighted by Crippen LogP contribution is -2.48. The number of hydrogen-bond acceptors (Lipinski definition) is 6. The maximum Gasteiger partial charge on any atom is 0.267 e. The second kappa shape index (κ2) is 9.58. The number of sulfonamides is 1. The number of benzene rings is 2. The second-order valence-corrected chi connectivity index (χ2v) is 9.08. The molecule has 9 nitrogen and oxygen atoms in total. The Labute approximate surface area is 188 Å². The van der Waals surface area contributed by atoms with Crippen LogP contribution in [0.5, 0.6) is 11.5 Å². The molecular formula is C22H27N3O6S.